The third-order valence-electron chi connectivity index (χ3n) is 5.62. The van der Waals surface area contributed by atoms with Crippen LogP contribution in [-0.2, 0) is 0 Å². The summed E-state index contributed by atoms with van der Waals surface area (Å²) >= 11 is 3.55. The van der Waals surface area contributed by atoms with Gasteiger partial charge in [-0.15, -0.1) is 0 Å². The topological polar surface area (TPSA) is 44.6 Å². The van der Waals surface area contributed by atoms with E-state index in [4.69, 9.17) is 4.99 Å². The molecular formula is C22H25BrN2O. The SMILES string of the molecule is Cc1ccc(C2=NC3(CCCCC3)NC(c3cc(Br)ccc3O)C2)cc1. The maximum Gasteiger partial charge on any atom is 0.120 e. The maximum atomic E-state index is 10.5. The largest absolute Gasteiger partial charge is 0.508 e. The molecule has 26 heavy (non-hydrogen) atoms. The fraction of sp³-hybridized carbons (Fsp3) is 0.409. The smallest absolute Gasteiger partial charge is 0.120 e. The van der Waals surface area contributed by atoms with E-state index in [-0.39, 0.29) is 11.7 Å². The molecule has 0 saturated heterocycles. The molecule has 1 unspecified atom stereocenters. The van der Waals surface area contributed by atoms with Crippen LogP contribution in [0.3, 0.4) is 0 Å². The third-order valence-corrected chi connectivity index (χ3v) is 6.11. The number of phenolic OH excluding ortho intramolecular Hbond substituents is 1. The standard InChI is InChI=1S/C22H25BrN2O/c1-15-5-7-16(8-6-15)19-14-20(18-13-17(23)9-10-21(18)26)25-22(24-19)11-3-2-4-12-22/h5-10,13,20,25-26H,2-4,11-12,14H2,1H3. The maximum absolute atomic E-state index is 10.5. The molecule has 0 amide bonds. The van der Waals surface area contributed by atoms with Crippen molar-refractivity contribution in [3.8, 4) is 5.75 Å². The molecule has 1 spiro atoms. The summed E-state index contributed by atoms with van der Waals surface area (Å²) in [6, 6.07) is 14.4. The van der Waals surface area contributed by atoms with Gasteiger partial charge in [0.05, 0.1) is 0 Å². The monoisotopic (exact) mass is 412 g/mol. The van der Waals surface area contributed by atoms with Gasteiger partial charge in [0.15, 0.2) is 0 Å². The summed E-state index contributed by atoms with van der Waals surface area (Å²) in [7, 11) is 0. The number of nitrogens with zero attached hydrogens (tertiary/aromatic N) is 1. The van der Waals surface area contributed by atoms with E-state index in [9.17, 15) is 5.11 Å². The summed E-state index contributed by atoms with van der Waals surface area (Å²) < 4.78 is 0.990. The number of aromatic hydroxyl groups is 1. The van der Waals surface area contributed by atoms with E-state index in [0.29, 0.717) is 5.75 Å². The van der Waals surface area contributed by atoms with Gasteiger partial charge in [-0.25, -0.2) is 0 Å². The Morgan fingerprint density at radius 3 is 2.54 bits per heavy atom. The first-order valence-electron chi connectivity index (χ1n) is 9.47. The van der Waals surface area contributed by atoms with Gasteiger partial charge in [0.1, 0.15) is 11.4 Å². The first-order chi connectivity index (χ1) is 12.5. The zero-order chi connectivity index (χ0) is 18.1. The van der Waals surface area contributed by atoms with Crippen molar-refractivity contribution >= 4 is 21.6 Å². The molecule has 2 aliphatic rings. The highest BCUT2D eigenvalue weighted by atomic mass is 79.9. The van der Waals surface area contributed by atoms with Gasteiger partial charge in [-0.1, -0.05) is 52.2 Å². The molecule has 4 heteroatoms. The molecule has 2 N–H and O–H groups in total. The van der Waals surface area contributed by atoms with E-state index in [0.717, 1.165) is 35.0 Å². The zero-order valence-electron chi connectivity index (χ0n) is 15.1. The van der Waals surface area contributed by atoms with Crippen molar-refractivity contribution in [3.05, 3.63) is 63.6 Å². The highest BCUT2D eigenvalue weighted by Crippen LogP contribution is 2.40. The van der Waals surface area contributed by atoms with E-state index in [1.54, 1.807) is 6.07 Å². The Kier molecular flexibility index (Phi) is 4.89. The van der Waals surface area contributed by atoms with Crippen LogP contribution in [0.2, 0.25) is 0 Å². The van der Waals surface area contributed by atoms with Crippen molar-refractivity contribution in [3.63, 3.8) is 0 Å². The van der Waals surface area contributed by atoms with Crippen LogP contribution in [0.25, 0.3) is 0 Å². The Balaban J connectivity index is 1.75. The molecule has 1 heterocycles. The number of hydrogen-bond donors (Lipinski definition) is 2. The number of aryl methyl sites for hydroxylation is 1. The van der Waals surface area contributed by atoms with Gasteiger partial charge >= 0.3 is 0 Å². The molecule has 136 valence electrons. The summed E-state index contributed by atoms with van der Waals surface area (Å²) in [6.45, 7) is 2.11. The lowest BCUT2D eigenvalue weighted by atomic mass is 9.84. The van der Waals surface area contributed by atoms with E-state index >= 15 is 0 Å². The predicted octanol–water partition coefficient (Wildman–Crippen LogP) is 5.65. The van der Waals surface area contributed by atoms with Gasteiger partial charge in [0, 0.05) is 28.2 Å². The summed E-state index contributed by atoms with van der Waals surface area (Å²) in [5.74, 6) is 0.349. The van der Waals surface area contributed by atoms with Crippen LogP contribution in [0, 0.1) is 6.92 Å². The third kappa shape index (κ3) is 3.58. The van der Waals surface area contributed by atoms with Crippen LogP contribution >= 0.6 is 15.9 Å². The summed E-state index contributed by atoms with van der Waals surface area (Å²) in [5, 5.41) is 14.3. The van der Waals surface area contributed by atoms with E-state index in [1.165, 1.54) is 30.4 Å². The average molecular weight is 413 g/mol. The minimum absolute atomic E-state index is 0.0689. The van der Waals surface area contributed by atoms with Crippen molar-refractivity contribution in [1.82, 2.24) is 5.32 Å². The average Bonchev–Trinajstić information content (AvgIpc) is 2.64. The van der Waals surface area contributed by atoms with Crippen LogP contribution in [-0.4, -0.2) is 16.5 Å². The quantitative estimate of drug-likeness (QED) is 0.669. The summed E-state index contributed by atoms with van der Waals surface area (Å²) in [5.41, 5.74) is 4.35. The molecule has 1 aliphatic heterocycles. The number of phenols is 1. The number of nitrogens with one attached hydrogen (secondary N) is 1. The van der Waals surface area contributed by atoms with Crippen molar-refractivity contribution in [2.75, 3.05) is 0 Å². The molecule has 1 aliphatic carbocycles. The Hall–Kier alpha value is -1.65. The van der Waals surface area contributed by atoms with Crippen LogP contribution in [0.15, 0.2) is 51.9 Å². The lowest BCUT2D eigenvalue weighted by molar-refractivity contribution is 0.206. The lowest BCUT2D eigenvalue weighted by Crippen LogP contribution is -2.51. The minimum atomic E-state index is -0.198. The molecule has 1 fully saturated rings. The molecule has 3 nitrogen and oxygen atoms in total. The fourth-order valence-electron chi connectivity index (χ4n) is 4.22. The van der Waals surface area contributed by atoms with Crippen LogP contribution < -0.4 is 5.32 Å². The second kappa shape index (κ2) is 7.16. The van der Waals surface area contributed by atoms with E-state index < -0.39 is 0 Å². The van der Waals surface area contributed by atoms with Crippen molar-refractivity contribution < 1.29 is 5.11 Å². The van der Waals surface area contributed by atoms with Gasteiger partial charge < -0.3 is 5.11 Å². The second-order valence-electron chi connectivity index (χ2n) is 7.62. The molecule has 2 aromatic carbocycles. The van der Waals surface area contributed by atoms with Crippen molar-refractivity contribution in [1.29, 1.82) is 0 Å². The molecule has 0 radical (unpaired) electrons. The number of rotatable bonds is 2. The normalized spacial score (nSPS) is 22.2. The number of benzene rings is 2. The molecule has 2 aromatic rings. The molecule has 0 bridgehead atoms. The Labute approximate surface area is 163 Å². The Morgan fingerprint density at radius 1 is 1.08 bits per heavy atom. The van der Waals surface area contributed by atoms with Crippen LogP contribution in [0.5, 0.6) is 5.75 Å². The van der Waals surface area contributed by atoms with Crippen molar-refractivity contribution in [2.45, 2.75) is 57.2 Å². The van der Waals surface area contributed by atoms with Gasteiger partial charge in [-0.3, -0.25) is 10.3 Å². The highest BCUT2D eigenvalue weighted by molar-refractivity contribution is 9.10. The number of hydrogen-bond acceptors (Lipinski definition) is 3. The minimum Gasteiger partial charge on any atom is -0.508 e. The van der Waals surface area contributed by atoms with E-state index in [2.05, 4.69) is 52.4 Å². The highest BCUT2D eigenvalue weighted by Gasteiger charge is 2.38. The Bertz CT molecular complexity index is 823. The Morgan fingerprint density at radius 2 is 1.81 bits per heavy atom. The van der Waals surface area contributed by atoms with Crippen molar-refractivity contribution in [2.24, 2.45) is 4.99 Å². The first kappa shape index (κ1) is 17.7. The first-order valence-corrected chi connectivity index (χ1v) is 10.3. The summed E-state index contributed by atoms with van der Waals surface area (Å²) in [6.07, 6.45) is 6.60. The van der Waals surface area contributed by atoms with E-state index in [1.807, 2.05) is 12.1 Å². The van der Waals surface area contributed by atoms with Gasteiger partial charge in [0.2, 0.25) is 0 Å². The zero-order valence-corrected chi connectivity index (χ0v) is 16.7. The lowest BCUT2D eigenvalue weighted by Gasteiger charge is -2.42. The summed E-state index contributed by atoms with van der Waals surface area (Å²) in [4.78, 5) is 5.21. The van der Waals surface area contributed by atoms with Crippen LogP contribution in [0.1, 0.15) is 61.3 Å². The molecule has 4 rings (SSSR count). The molecule has 1 atom stereocenters. The molecule has 0 aromatic heterocycles. The number of halogens is 1. The van der Waals surface area contributed by atoms with Gasteiger partial charge in [-0.05, 0) is 56.4 Å². The fourth-order valence-corrected chi connectivity index (χ4v) is 4.60. The molecular weight excluding hydrogens is 388 g/mol. The van der Waals surface area contributed by atoms with Gasteiger partial charge in [-0.2, -0.15) is 0 Å². The van der Waals surface area contributed by atoms with Crippen LogP contribution in [0.4, 0.5) is 0 Å². The van der Waals surface area contributed by atoms with Gasteiger partial charge in [0.25, 0.3) is 0 Å². The predicted molar refractivity (Wildman–Crippen MR) is 110 cm³/mol. The molecule has 1 saturated carbocycles. The second-order valence-corrected chi connectivity index (χ2v) is 8.54. The number of aliphatic imine (C=N–C) groups is 1.